The molecule has 35 heavy (non-hydrogen) atoms. The van der Waals surface area contributed by atoms with Gasteiger partial charge < -0.3 is 10.4 Å². The number of aromatic nitrogens is 6. The Morgan fingerprint density at radius 3 is 2.80 bits per heavy atom. The van der Waals surface area contributed by atoms with Crippen LogP contribution in [0.1, 0.15) is 78.2 Å². The molecule has 9 heteroatoms. The summed E-state index contributed by atoms with van der Waals surface area (Å²) in [4.78, 5) is 16.7. The minimum absolute atomic E-state index is 0.283. The summed E-state index contributed by atoms with van der Waals surface area (Å²) in [6.45, 7) is 4.38. The van der Waals surface area contributed by atoms with E-state index in [9.17, 15) is 9.90 Å². The van der Waals surface area contributed by atoms with Crippen molar-refractivity contribution in [1.29, 1.82) is 0 Å². The van der Waals surface area contributed by atoms with Crippen LogP contribution in [0.3, 0.4) is 0 Å². The lowest BCUT2D eigenvalue weighted by Gasteiger charge is -2.16. The molecule has 0 aliphatic heterocycles. The Morgan fingerprint density at radius 2 is 2.06 bits per heavy atom. The van der Waals surface area contributed by atoms with Crippen molar-refractivity contribution in [1.82, 2.24) is 35.5 Å². The van der Waals surface area contributed by atoms with E-state index in [2.05, 4.69) is 43.0 Å². The summed E-state index contributed by atoms with van der Waals surface area (Å²) in [5, 5.41) is 29.8. The molecule has 182 valence electrons. The average Bonchev–Trinajstić information content (AvgIpc) is 3.43. The SMILES string of the molecule is CC(C)(O)c1ccc(CNC(=O)c2cn(CCCCc3cc4c(nn3)CC(C3CC3)=C4)nn2)cn1. The number of amides is 1. The van der Waals surface area contributed by atoms with E-state index in [-0.39, 0.29) is 11.6 Å². The van der Waals surface area contributed by atoms with Crippen LogP contribution in [0.15, 0.2) is 36.2 Å². The molecule has 1 amide bonds. The molecular formula is C26H31N7O2. The fourth-order valence-electron chi connectivity index (χ4n) is 4.27. The van der Waals surface area contributed by atoms with Crippen molar-refractivity contribution < 1.29 is 9.90 Å². The molecule has 0 bridgehead atoms. The third-order valence-electron chi connectivity index (χ3n) is 6.51. The summed E-state index contributed by atoms with van der Waals surface area (Å²) < 4.78 is 1.70. The highest BCUT2D eigenvalue weighted by Crippen LogP contribution is 2.41. The van der Waals surface area contributed by atoms with Gasteiger partial charge >= 0.3 is 0 Å². The number of unbranched alkanes of at least 4 members (excludes halogenated alkanes) is 1. The molecule has 3 aromatic rings. The molecule has 2 N–H and O–H groups in total. The number of aryl methyl sites for hydroxylation is 2. The fourth-order valence-corrected chi connectivity index (χ4v) is 4.27. The zero-order valence-electron chi connectivity index (χ0n) is 20.2. The molecule has 0 spiro atoms. The van der Waals surface area contributed by atoms with Gasteiger partial charge in [0.05, 0.1) is 23.3 Å². The van der Waals surface area contributed by atoms with Crippen molar-refractivity contribution in [2.45, 2.75) is 71.1 Å². The first-order valence-corrected chi connectivity index (χ1v) is 12.3. The van der Waals surface area contributed by atoms with Crippen molar-refractivity contribution in [3.05, 3.63) is 70.1 Å². The van der Waals surface area contributed by atoms with Crippen molar-refractivity contribution in [2.75, 3.05) is 0 Å². The first kappa shape index (κ1) is 23.3. The van der Waals surface area contributed by atoms with Crippen molar-refractivity contribution in [3.63, 3.8) is 0 Å². The van der Waals surface area contributed by atoms with Crippen molar-refractivity contribution in [3.8, 4) is 0 Å². The van der Waals surface area contributed by atoms with Crippen LogP contribution in [0.4, 0.5) is 0 Å². The number of aliphatic hydroxyl groups is 1. The number of allylic oxidation sites excluding steroid dienone is 1. The first-order valence-electron chi connectivity index (χ1n) is 12.3. The predicted molar refractivity (Wildman–Crippen MR) is 130 cm³/mol. The molecule has 1 fully saturated rings. The number of carbonyl (C=O) groups excluding carboxylic acids is 1. The highest BCUT2D eigenvalue weighted by atomic mass is 16.3. The molecule has 0 aromatic carbocycles. The van der Waals surface area contributed by atoms with Gasteiger partial charge in [-0.2, -0.15) is 10.2 Å². The average molecular weight is 474 g/mol. The summed E-state index contributed by atoms with van der Waals surface area (Å²) in [6, 6.07) is 5.78. The summed E-state index contributed by atoms with van der Waals surface area (Å²) in [6.07, 6.45) is 12.0. The van der Waals surface area contributed by atoms with E-state index in [0.717, 1.165) is 48.6 Å². The summed E-state index contributed by atoms with van der Waals surface area (Å²) in [7, 11) is 0. The quantitative estimate of drug-likeness (QED) is 0.435. The van der Waals surface area contributed by atoms with Crippen LogP contribution in [0.2, 0.25) is 0 Å². The number of hydrogen-bond donors (Lipinski definition) is 2. The monoisotopic (exact) mass is 473 g/mol. The zero-order valence-corrected chi connectivity index (χ0v) is 20.2. The van der Waals surface area contributed by atoms with Crippen LogP contribution < -0.4 is 5.32 Å². The van der Waals surface area contributed by atoms with Crippen LogP contribution in [0.5, 0.6) is 0 Å². The lowest BCUT2D eigenvalue weighted by molar-refractivity contribution is 0.0737. The molecule has 9 nitrogen and oxygen atoms in total. The maximum absolute atomic E-state index is 12.4. The Kier molecular flexibility index (Phi) is 6.42. The van der Waals surface area contributed by atoms with Gasteiger partial charge in [-0.3, -0.25) is 14.5 Å². The normalized spacial score (nSPS) is 15.1. The van der Waals surface area contributed by atoms with E-state index in [0.29, 0.717) is 18.8 Å². The Balaban J connectivity index is 1.05. The standard InChI is InChI=1S/C26H31N7O2/c1-26(2,35)24-9-6-17(14-27-24)15-28-25(34)23-16-33(32-31-23)10-4-3-5-21-12-20-11-19(18-7-8-18)13-22(20)30-29-21/h6,9,11-12,14,16,18,35H,3-5,7-8,10,13,15H2,1-2H3,(H,28,34). The van der Waals surface area contributed by atoms with Gasteiger partial charge in [-0.1, -0.05) is 22.9 Å². The summed E-state index contributed by atoms with van der Waals surface area (Å²) >= 11 is 0. The Bertz CT molecular complexity index is 1240. The lowest BCUT2D eigenvalue weighted by atomic mass is 10.0. The molecule has 0 saturated heterocycles. The van der Waals surface area contributed by atoms with Gasteiger partial charge in [0.1, 0.15) is 5.60 Å². The number of pyridine rings is 1. The number of nitrogens with one attached hydrogen (secondary N) is 1. The van der Waals surface area contributed by atoms with Gasteiger partial charge in [-0.05, 0) is 75.1 Å². The van der Waals surface area contributed by atoms with Crippen molar-refractivity contribution >= 4 is 12.0 Å². The molecule has 2 aliphatic rings. The minimum atomic E-state index is -0.994. The number of carbonyl (C=O) groups is 1. The van der Waals surface area contributed by atoms with E-state index in [1.165, 1.54) is 24.0 Å². The molecule has 0 radical (unpaired) electrons. The lowest BCUT2D eigenvalue weighted by Crippen LogP contribution is -2.23. The van der Waals surface area contributed by atoms with Gasteiger partial charge in [-0.25, -0.2) is 0 Å². The molecule has 5 rings (SSSR count). The van der Waals surface area contributed by atoms with Gasteiger partial charge in [0.25, 0.3) is 5.91 Å². The maximum atomic E-state index is 12.4. The molecule has 3 aromatic heterocycles. The molecule has 0 atom stereocenters. The van der Waals surface area contributed by atoms with E-state index >= 15 is 0 Å². The second kappa shape index (κ2) is 9.65. The van der Waals surface area contributed by atoms with Crippen LogP contribution in [-0.2, 0) is 31.5 Å². The number of fused-ring (bicyclic) bond motifs is 1. The van der Waals surface area contributed by atoms with E-state index in [1.54, 1.807) is 37.0 Å². The van der Waals surface area contributed by atoms with E-state index in [4.69, 9.17) is 0 Å². The topological polar surface area (TPSA) is 119 Å². The van der Waals surface area contributed by atoms with Gasteiger partial charge in [0.15, 0.2) is 5.69 Å². The van der Waals surface area contributed by atoms with Crippen LogP contribution >= 0.6 is 0 Å². The van der Waals surface area contributed by atoms with Gasteiger partial charge in [0.2, 0.25) is 0 Å². The number of hydrogen-bond acceptors (Lipinski definition) is 7. The van der Waals surface area contributed by atoms with Gasteiger partial charge in [0, 0.05) is 25.7 Å². The third kappa shape index (κ3) is 5.79. The molecule has 0 unspecified atom stereocenters. The van der Waals surface area contributed by atoms with Crippen LogP contribution in [0, 0.1) is 5.92 Å². The van der Waals surface area contributed by atoms with E-state index < -0.39 is 5.60 Å². The van der Waals surface area contributed by atoms with Crippen LogP contribution in [0.25, 0.3) is 6.08 Å². The summed E-state index contributed by atoms with van der Waals surface area (Å²) in [5.74, 6) is 0.500. The molecule has 2 aliphatic carbocycles. The third-order valence-corrected chi connectivity index (χ3v) is 6.51. The number of nitrogens with zero attached hydrogens (tertiary/aromatic N) is 6. The fraction of sp³-hybridized carbons (Fsp3) is 0.462. The molecule has 3 heterocycles. The predicted octanol–water partition coefficient (Wildman–Crippen LogP) is 2.99. The second-order valence-corrected chi connectivity index (χ2v) is 10.0. The molecule has 1 saturated carbocycles. The highest BCUT2D eigenvalue weighted by molar-refractivity contribution is 5.91. The van der Waals surface area contributed by atoms with Gasteiger partial charge in [-0.15, -0.1) is 5.10 Å². The van der Waals surface area contributed by atoms with Crippen LogP contribution in [-0.4, -0.2) is 41.2 Å². The summed E-state index contributed by atoms with van der Waals surface area (Å²) in [5.41, 5.74) is 5.63. The first-order chi connectivity index (χ1) is 16.8. The zero-order chi connectivity index (χ0) is 24.4. The van der Waals surface area contributed by atoms with Crippen molar-refractivity contribution in [2.24, 2.45) is 5.92 Å². The second-order valence-electron chi connectivity index (χ2n) is 10.0. The number of rotatable bonds is 10. The molecular weight excluding hydrogens is 442 g/mol. The maximum Gasteiger partial charge on any atom is 0.273 e. The largest absolute Gasteiger partial charge is 0.384 e. The Hall–Kier alpha value is -3.46. The Labute approximate surface area is 204 Å². The minimum Gasteiger partial charge on any atom is -0.384 e. The smallest absolute Gasteiger partial charge is 0.273 e. The Morgan fingerprint density at radius 1 is 1.20 bits per heavy atom. The highest BCUT2D eigenvalue weighted by Gasteiger charge is 2.29. The van der Waals surface area contributed by atoms with E-state index in [1.807, 2.05) is 6.07 Å².